The van der Waals surface area contributed by atoms with Gasteiger partial charge in [-0.15, -0.1) is 0 Å². The molecule has 4 nitrogen and oxygen atoms in total. The second-order valence-corrected chi connectivity index (χ2v) is 5.18. The standard InChI is InChI=1S/C13H16ClNO3/c14-10-6-11-13(18-7-17-11)9(12(10)16)5-8-3-1-2-4-15-8/h6,8,15-16H,1-5,7H2. The molecule has 1 unspecified atom stereocenters. The minimum atomic E-state index is 0.119. The Morgan fingerprint density at radius 1 is 1.39 bits per heavy atom. The lowest BCUT2D eigenvalue weighted by Crippen LogP contribution is -2.35. The third-order valence-electron chi connectivity index (χ3n) is 3.55. The zero-order valence-electron chi connectivity index (χ0n) is 10.0. The van der Waals surface area contributed by atoms with Gasteiger partial charge in [0, 0.05) is 17.7 Å². The Bertz CT molecular complexity index is 458. The smallest absolute Gasteiger partial charge is 0.231 e. The largest absolute Gasteiger partial charge is 0.506 e. The lowest BCUT2D eigenvalue weighted by molar-refractivity contribution is 0.173. The van der Waals surface area contributed by atoms with E-state index in [1.165, 1.54) is 12.8 Å². The SMILES string of the molecule is Oc1c(Cl)cc2c(c1CC1CCCCN1)OCO2. The van der Waals surface area contributed by atoms with E-state index in [-0.39, 0.29) is 12.5 Å². The molecule has 1 fully saturated rings. The Morgan fingerprint density at radius 3 is 3.06 bits per heavy atom. The van der Waals surface area contributed by atoms with Gasteiger partial charge in [-0.25, -0.2) is 0 Å². The predicted molar refractivity (Wildman–Crippen MR) is 68.6 cm³/mol. The number of fused-ring (bicyclic) bond motifs is 1. The second kappa shape index (κ2) is 4.86. The van der Waals surface area contributed by atoms with Crippen LogP contribution in [0.2, 0.25) is 5.02 Å². The average Bonchev–Trinajstić information content (AvgIpc) is 2.84. The molecule has 2 heterocycles. The number of halogens is 1. The highest BCUT2D eigenvalue weighted by Crippen LogP contribution is 2.45. The molecule has 0 aliphatic carbocycles. The Hall–Kier alpha value is -1.13. The molecule has 98 valence electrons. The fourth-order valence-corrected chi connectivity index (χ4v) is 2.81. The lowest BCUT2D eigenvalue weighted by Gasteiger charge is -2.24. The summed E-state index contributed by atoms with van der Waals surface area (Å²) in [6, 6.07) is 1.98. The highest BCUT2D eigenvalue weighted by Gasteiger charge is 2.26. The van der Waals surface area contributed by atoms with Crippen molar-refractivity contribution in [2.45, 2.75) is 31.7 Å². The van der Waals surface area contributed by atoms with Gasteiger partial charge in [0.05, 0.1) is 5.02 Å². The predicted octanol–water partition coefficient (Wildman–Crippen LogP) is 2.46. The molecule has 0 spiro atoms. The molecule has 1 atom stereocenters. The molecular formula is C13H16ClNO3. The normalized spacial score (nSPS) is 22.2. The van der Waals surface area contributed by atoms with Crippen molar-refractivity contribution in [1.82, 2.24) is 5.32 Å². The number of piperidine rings is 1. The van der Waals surface area contributed by atoms with Crippen LogP contribution < -0.4 is 14.8 Å². The van der Waals surface area contributed by atoms with E-state index in [1.54, 1.807) is 6.07 Å². The van der Waals surface area contributed by atoms with Crippen LogP contribution in [0, 0.1) is 0 Å². The van der Waals surface area contributed by atoms with E-state index in [9.17, 15) is 5.11 Å². The summed E-state index contributed by atoms with van der Waals surface area (Å²) in [6.45, 7) is 1.23. The molecule has 1 saturated heterocycles. The number of phenolic OH excluding ortho intramolecular Hbond substituents is 1. The molecule has 2 aliphatic heterocycles. The fourth-order valence-electron chi connectivity index (χ4n) is 2.60. The fraction of sp³-hybridized carbons (Fsp3) is 0.538. The van der Waals surface area contributed by atoms with Crippen molar-refractivity contribution in [1.29, 1.82) is 0 Å². The van der Waals surface area contributed by atoms with Gasteiger partial charge in [0.15, 0.2) is 11.5 Å². The zero-order valence-corrected chi connectivity index (χ0v) is 10.8. The van der Waals surface area contributed by atoms with Crippen molar-refractivity contribution in [3.8, 4) is 17.2 Å². The minimum Gasteiger partial charge on any atom is -0.506 e. The van der Waals surface area contributed by atoms with Gasteiger partial charge in [-0.05, 0) is 25.8 Å². The van der Waals surface area contributed by atoms with E-state index >= 15 is 0 Å². The summed E-state index contributed by atoms with van der Waals surface area (Å²) in [5.74, 6) is 1.39. The van der Waals surface area contributed by atoms with Crippen molar-refractivity contribution < 1.29 is 14.6 Å². The first-order valence-corrected chi connectivity index (χ1v) is 6.67. The molecular weight excluding hydrogens is 254 g/mol. The van der Waals surface area contributed by atoms with Crippen LogP contribution in [-0.4, -0.2) is 24.5 Å². The molecule has 1 aromatic rings. The van der Waals surface area contributed by atoms with E-state index in [0.717, 1.165) is 24.9 Å². The number of aromatic hydroxyl groups is 1. The third kappa shape index (κ3) is 2.10. The quantitative estimate of drug-likeness (QED) is 0.866. The Balaban J connectivity index is 1.90. The molecule has 2 N–H and O–H groups in total. The average molecular weight is 270 g/mol. The number of benzene rings is 1. The van der Waals surface area contributed by atoms with Crippen molar-refractivity contribution in [2.24, 2.45) is 0 Å². The zero-order chi connectivity index (χ0) is 12.5. The summed E-state index contributed by atoms with van der Waals surface area (Å²) in [7, 11) is 0. The molecule has 0 radical (unpaired) electrons. The van der Waals surface area contributed by atoms with Crippen LogP contribution >= 0.6 is 11.6 Å². The minimum absolute atomic E-state index is 0.119. The van der Waals surface area contributed by atoms with Crippen LogP contribution in [0.1, 0.15) is 24.8 Å². The molecule has 1 aromatic carbocycles. The number of phenols is 1. The summed E-state index contributed by atoms with van der Waals surface area (Å²) in [6.07, 6.45) is 4.27. The highest BCUT2D eigenvalue weighted by atomic mass is 35.5. The van der Waals surface area contributed by atoms with E-state index in [4.69, 9.17) is 21.1 Å². The Kier molecular flexibility index (Phi) is 3.22. The Labute approximate surface area is 111 Å². The molecule has 0 aromatic heterocycles. The molecule has 3 rings (SSSR count). The lowest BCUT2D eigenvalue weighted by atomic mass is 9.96. The van der Waals surface area contributed by atoms with Crippen LogP contribution in [0.15, 0.2) is 6.07 Å². The van der Waals surface area contributed by atoms with Crippen molar-refractivity contribution in [2.75, 3.05) is 13.3 Å². The number of hydrogen-bond acceptors (Lipinski definition) is 4. The van der Waals surface area contributed by atoms with Gasteiger partial charge in [-0.1, -0.05) is 18.0 Å². The van der Waals surface area contributed by atoms with Crippen molar-refractivity contribution in [3.63, 3.8) is 0 Å². The highest BCUT2D eigenvalue weighted by molar-refractivity contribution is 6.32. The summed E-state index contributed by atoms with van der Waals surface area (Å²) in [5, 5.41) is 13.9. The second-order valence-electron chi connectivity index (χ2n) is 4.77. The van der Waals surface area contributed by atoms with Gasteiger partial charge in [-0.3, -0.25) is 0 Å². The summed E-state index contributed by atoms with van der Waals surface area (Å²) in [5.41, 5.74) is 0.759. The van der Waals surface area contributed by atoms with Crippen LogP contribution in [0.3, 0.4) is 0 Å². The summed E-state index contributed by atoms with van der Waals surface area (Å²) < 4.78 is 10.8. The van der Waals surface area contributed by atoms with E-state index in [2.05, 4.69) is 5.32 Å². The maximum atomic E-state index is 10.1. The van der Waals surface area contributed by atoms with E-state index < -0.39 is 0 Å². The van der Waals surface area contributed by atoms with Gasteiger partial charge in [0.25, 0.3) is 0 Å². The van der Waals surface area contributed by atoms with Crippen LogP contribution in [-0.2, 0) is 6.42 Å². The van der Waals surface area contributed by atoms with Gasteiger partial charge < -0.3 is 19.9 Å². The van der Waals surface area contributed by atoms with Crippen molar-refractivity contribution in [3.05, 3.63) is 16.7 Å². The molecule has 0 saturated carbocycles. The number of nitrogens with one attached hydrogen (secondary N) is 1. The first kappa shape index (κ1) is 11.9. The van der Waals surface area contributed by atoms with E-state index in [0.29, 0.717) is 22.6 Å². The molecule has 0 amide bonds. The topological polar surface area (TPSA) is 50.7 Å². The van der Waals surface area contributed by atoms with Gasteiger partial charge in [0.2, 0.25) is 6.79 Å². The van der Waals surface area contributed by atoms with E-state index in [1.807, 2.05) is 0 Å². The molecule has 0 bridgehead atoms. The maximum Gasteiger partial charge on any atom is 0.231 e. The molecule has 5 heteroatoms. The molecule has 18 heavy (non-hydrogen) atoms. The van der Waals surface area contributed by atoms with Gasteiger partial charge in [-0.2, -0.15) is 0 Å². The van der Waals surface area contributed by atoms with Crippen LogP contribution in [0.25, 0.3) is 0 Å². The first-order valence-electron chi connectivity index (χ1n) is 6.29. The van der Waals surface area contributed by atoms with Crippen LogP contribution in [0.5, 0.6) is 17.2 Å². The summed E-state index contributed by atoms with van der Waals surface area (Å²) in [4.78, 5) is 0. The Morgan fingerprint density at radius 2 is 2.28 bits per heavy atom. The monoisotopic (exact) mass is 269 g/mol. The molecule has 2 aliphatic rings. The number of hydrogen-bond donors (Lipinski definition) is 2. The number of rotatable bonds is 2. The van der Waals surface area contributed by atoms with Gasteiger partial charge >= 0.3 is 0 Å². The maximum absolute atomic E-state index is 10.1. The van der Waals surface area contributed by atoms with Gasteiger partial charge in [0.1, 0.15) is 5.75 Å². The van der Waals surface area contributed by atoms with Crippen LogP contribution in [0.4, 0.5) is 0 Å². The summed E-state index contributed by atoms with van der Waals surface area (Å²) >= 11 is 6.01. The first-order chi connectivity index (χ1) is 8.75. The number of ether oxygens (including phenoxy) is 2. The third-order valence-corrected chi connectivity index (χ3v) is 3.84. The van der Waals surface area contributed by atoms with Crippen molar-refractivity contribution >= 4 is 11.6 Å².